The Bertz CT molecular complexity index is 561. The van der Waals surface area contributed by atoms with Crippen LogP contribution in [0.3, 0.4) is 0 Å². The average molecular weight is 241 g/mol. The van der Waals surface area contributed by atoms with E-state index < -0.39 is 0 Å². The van der Waals surface area contributed by atoms with Crippen molar-refractivity contribution in [2.75, 3.05) is 7.11 Å². The molecule has 1 radical (unpaired) electrons. The number of methoxy groups -OCH3 is 1. The topological polar surface area (TPSA) is 35.5 Å². The third-order valence-corrected chi connectivity index (χ3v) is 2.42. The van der Waals surface area contributed by atoms with Gasteiger partial charge in [-0.3, -0.25) is 4.79 Å². The normalized spacial score (nSPS) is 9.89. The first-order valence-electron chi connectivity index (χ1n) is 5.53. The number of esters is 1. The molecule has 0 aromatic heterocycles. The van der Waals surface area contributed by atoms with Gasteiger partial charge in [-0.2, -0.15) is 0 Å². The summed E-state index contributed by atoms with van der Waals surface area (Å²) < 4.78 is 10.2. The number of hydrogen-bond donors (Lipinski definition) is 0. The Labute approximate surface area is 106 Å². The lowest BCUT2D eigenvalue weighted by Gasteiger charge is -2.06. The van der Waals surface area contributed by atoms with E-state index in [1.54, 1.807) is 25.3 Å². The molecular formula is C15H13O3. The minimum atomic E-state index is -0.332. The molecule has 91 valence electrons. The summed E-state index contributed by atoms with van der Waals surface area (Å²) in [6, 6.07) is 15.9. The van der Waals surface area contributed by atoms with E-state index in [1.807, 2.05) is 24.3 Å². The summed E-state index contributed by atoms with van der Waals surface area (Å²) in [7, 11) is 1.62. The van der Waals surface area contributed by atoms with Crippen LogP contribution >= 0.6 is 0 Å². The van der Waals surface area contributed by atoms with Crippen LogP contribution in [0.2, 0.25) is 0 Å². The SMILES string of the molecule is COc1cc[c]c(-c2cccc(OC(C)=O)c2)c1. The first kappa shape index (κ1) is 12.2. The van der Waals surface area contributed by atoms with Crippen molar-refractivity contribution in [3.05, 3.63) is 48.5 Å². The van der Waals surface area contributed by atoms with Gasteiger partial charge in [0.1, 0.15) is 11.5 Å². The zero-order valence-electron chi connectivity index (χ0n) is 10.3. The summed E-state index contributed by atoms with van der Waals surface area (Å²) in [5.74, 6) is 0.958. The van der Waals surface area contributed by atoms with Crippen molar-refractivity contribution in [1.29, 1.82) is 0 Å². The molecule has 0 spiro atoms. The summed E-state index contributed by atoms with van der Waals surface area (Å²) in [5.41, 5.74) is 1.82. The standard InChI is InChI=1S/C15H13O3/c1-11(16)18-15-8-4-6-13(10-15)12-5-3-7-14(9-12)17-2/h3-4,6-10H,1-2H3. The third-order valence-electron chi connectivity index (χ3n) is 2.42. The highest BCUT2D eigenvalue weighted by atomic mass is 16.5. The fraction of sp³-hybridized carbons (Fsp3) is 0.133. The maximum atomic E-state index is 10.9. The van der Waals surface area contributed by atoms with Crippen molar-refractivity contribution in [3.63, 3.8) is 0 Å². The van der Waals surface area contributed by atoms with Gasteiger partial charge in [0.2, 0.25) is 0 Å². The molecule has 0 saturated heterocycles. The van der Waals surface area contributed by atoms with Gasteiger partial charge in [0.05, 0.1) is 7.11 Å². The largest absolute Gasteiger partial charge is 0.497 e. The zero-order chi connectivity index (χ0) is 13.0. The Morgan fingerprint density at radius 3 is 2.72 bits per heavy atom. The molecule has 0 heterocycles. The van der Waals surface area contributed by atoms with E-state index >= 15 is 0 Å². The number of benzene rings is 2. The Kier molecular flexibility index (Phi) is 3.63. The van der Waals surface area contributed by atoms with E-state index in [-0.39, 0.29) is 5.97 Å². The molecule has 2 aromatic carbocycles. The van der Waals surface area contributed by atoms with Gasteiger partial charge in [-0.05, 0) is 41.5 Å². The van der Waals surface area contributed by atoms with Gasteiger partial charge in [0.25, 0.3) is 0 Å². The second-order valence-corrected chi connectivity index (χ2v) is 3.76. The first-order valence-corrected chi connectivity index (χ1v) is 5.53. The lowest BCUT2D eigenvalue weighted by molar-refractivity contribution is -0.131. The first-order chi connectivity index (χ1) is 8.69. The lowest BCUT2D eigenvalue weighted by Crippen LogP contribution is -2.01. The molecular weight excluding hydrogens is 228 g/mol. The molecule has 0 aliphatic carbocycles. The fourth-order valence-electron chi connectivity index (χ4n) is 1.63. The van der Waals surface area contributed by atoms with Crippen molar-refractivity contribution < 1.29 is 14.3 Å². The molecule has 3 nitrogen and oxygen atoms in total. The van der Waals surface area contributed by atoms with Crippen molar-refractivity contribution in [2.45, 2.75) is 6.92 Å². The predicted octanol–water partition coefficient (Wildman–Crippen LogP) is 3.09. The molecule has 2 aromatic rings. The summed E-state index contributed by atoms with van der Waals surface area (Å²) in [5, 5.41) is 0. The van der Waals surface area contributed by atoms with Gasteiger partial charge >= 0.3 is 5.97 Å². The highest BCUT2D eigenvalue weighted by Gasteiger charge is 2.03. The van der Waals surface area contributed by atoms with Crippen LogP contribution < -0.4 is 9.47 Å². The van der Waals surface area contributed by atoms with E-state index in [9.17, 15) is 4.79 Å². The number of hydrogen-bond acceptors (Lipinski definition) is 3. The van der Waals surface area contributed by atoms with Crippen LogP contribution in [-0.4, -0.2) is 13.1 Å². The van der Waals surface area contributed by atoms with Crippen LogP contribution in [0, 0.1) is 6.07 Å². The Hall–Kier alpha value is -2.29. The van der Waals surface area contributed by atoms with Crippen molar-refractivity contribution in [3.8, 4) is 22.6 Å². The molecule has 0 aliphatic heterocycles. The van der Waals surface area contributed by atoms with Crippen molar-refractivity contribution in [1.82, 2.24) is 0 Å². The average Bonchev–Trinajstić information content (AvgIpc) is 2.38. The maximum Gasteiger partial charge on any atom is 0.308 e. The van der Waals surface area contributed by atoms with Gasteiger partial charge in [-0.25, -0.2) is 0 Å². The molecule has 18 heavy (non-hydrogen) atoms. The molecule has 0 fully saturated rings. The van der Waals surface area contributed by atoms with Gasteiger partial charge < -0.3 is 9.47 Å². The molecule has 0 bridgehead atoms. The molecule has 0 N–H and O–H groups in total. The molecule has 0 unspecified atom stereocenters. The molecule has 0 aliphatic rings. The van der Waals surface area contributed by atoms with Crippen LogP contribution in [0.15, 0.2) is 42.5 Å². The van der Waals surface area contributed by atoms with Crippen LogP contribution in [0.4, 0.5) is 0 Å². The zero-order valence-corrected chi connectivity index (χ0v) is 10.3. The van der Waals surface area contributed by atoms with Crippen LogP contribution in [-0.2, 0) is 4.79 Å². The fourth-order valence-corrected chi connectivity index (χ4v) is 1.63. The highest BCUT2D eigenvalue weighted by Crippen LogP contribution is 2.26. The lowest BCUT2D eigenvalue weighted by atomic mass is 10.1. The number of carbonyl (C=O) groups excluding carboxylic acids is 1. The van der Waals surface area contributed by atoms with Crippen LogP contribution in [0.1, 0.15) is 6.92 Å². The molecule has 0 atom stereocenters. The molecule has 3 heteroatoms. The van der Waals surface area contributed by atoms with Crippen LogP contribution in [0.25, 0.3) is 11.1 Å². The van der Waals surface area contributed by atoms with Crippen molar-refractivity contribution in [2.24, 2.45) is 0 Å². The molecule has 0 saturated carbocycles. The van der Waals surface area contributed by atoms with Gasteiger partial charge in [-0.15, -0.1) is 0 Å². The second kappa shape index (κ2) is 5.36. The minimum Gasteiger partial charge on any atom is -0.497 e. The number of carbonyl (C=O) groups is 1. The Balaban J connectivity index is 2.34. The summed E-state index contributed by atoms with van der Waals surface area (Å²) in [6.07, 6.45) is 0. The van der Waals surface area contributed by atoms with Gasteiger partial charge in [0, 0.05) is 6.92 Å². The van der Waals surface area contributed by atoms with E-state index in [4.69, 9.17) is 9.47 Å². The van der Waals surface area contributed by atoms with Gasteiger partial charge in [0.15, 0.2) is 0 Å². The third kappa shape index (κ3) is 2.88. The minimum absolute atomic E-state index is 0.332. The van der Waals surface area contributed by atoms with Gasteiger partial charge in [-0.1, -0.05) is 18.2 Å². The van der Waals surface area contributed by atoms with E-state index in [0.717, 1.165) is 16.9 Å². The quantitative estimate of drug-likeness (QED) is 0.612. The monoisotopic (exact) mass is 241 g/mol. The smallest absolute Gasteiger partial charge is 0.308 e. The van der Waals surface area contributed by atoms with E-state index in [2.05, 4.69) is 6.07 Å². The maximum absolute atomic E-state index is 10.9. The second-order valence-electron chi connectivity index (χ2n) is 3.76. The van der Waals surface area contributed by atoms with E-state index in [1.165, 1.54) is 6.92 Å². The Morgan fingerprint density at radius 2 is 2.00 bits per heavy atom. The Morgan fingerprint density at radius 1 is 1.17 bits per heavy atom. The summed E-state index contributed by atoms with van der Waals surface area (Å²) >= 11 is 0. The summed E-state index contributed by atoms with van der Waals surface area (Å²) in [4.78, 5) is 10.9. The number of ether oxygens (including phenoxy) is 2. The molecule has 0 amide bonds. The van der Waals surface area contributed by atoms with Crippen molar-refractivity contribution >= 4 is 5.97 Å². The highest BCUT2D eigenvalue weighted by molar-refractivity contribution is 5.71. The summed E-state index contributed by atoms with van der Waals surface area (Å²) in [6.45, 7) is 1.38. The predicted molar refractivity (Wildman–Crippen MR) is 68.6 cm³/mol. The number of rotatable bonds is 3. The van der Waals surface area contributed by atoms with Crippen LogP contribution in [0.5, 0.6) is 11.5 Å². The molecule has 2 rings (SSSR count). The van der Waals surface area contributed by atoms with E-state index in [0.29, 0.717) is 5.75 Å².